The number of amides is 1. The number of ether oxygens (including phenoxy) is 1. The predicted octanol–water partition coefficient (Wildman–Crippen LogP) is 1.79. The summed E-state index contributed by atoms with van der Waals surface area (Å²) in [4.78, 5) is 22.8. The van der Waals surface area contributed by atoms with Crippen LogP contribution in [0.3, 0.4) is 0 Å². The molecule has 5 nitrogen and oxygen atoms in total. The Morgan fingerprint density at radius 2 is 2.24 bits per heavy atom. The smallest absolute Gasteiger partial charge is 0.311 e. The molecule has 1 aromatic carbocycles. The number of carboxylic acid groups (broad SMARTS) is 1. The number of thioether (sulfide) groups is 1. The molecule has 0 saturated carbocycles. The van der Waals surface area contributed by atoms with Gasteiger partial charge in [-0.3, -0.25) is 9.59 Å². The van der Waals surface area contributed by atoms with Gasteiger partial charge in [0.1, 0.15) is 5.92 Å². The van der Waals surface area contributed by atoms with Crippen LogP contribution in [-0.4, -0.2) is 42.0 Å². The maximum absolute atomic E-state index is 11.8. The quantitative estimate of drug-likeness (QED) is 0.832. The Balaban J connectivity index is 1.74. The molecule has 0 spiro atoms. The molecule has 1 amide bonds. The van der Waals surface area contributed by atoms with Crippen LogP contribution in [0, 0.1) is 5.92 Å². The van der Waals surface area contributed by atoms with Gasteiger partial charge >= 0.3 is 5.97 Å². The highest BCUT2D eigenvalue weighted by atomic mass is 35.5. The fraction of sp³-hybridized carbons (Fsp3) is 0.429. The number of rotatable bonds is 6. The van der Waals surface area contributed by atoms with E-state index >= 15 is 0 Å². The fourth-order valence-electron chi connectivity index (χ4n) is 2.08. The first-order chi connectivity index (χ1) is 10.1. The van der Waals surface area contributed by atoms with Crippen molar-refractivity contribution in [1.82, 2.24) is 5.32 Å². The highest BCUT2D eigenvalue weighted by Crippen LogP contribution is 2.17. The molecule has 1 heterocycles. The first-order valence-corrected chi connectivity index (χ1v) is 8.01. The molecule has 21 heavy (non-hydrogen) atoms. The minimum atomic E-state index is -0.940. The van der Waals surface area contributed by atoms with Crippen molar-refractivity contribution >= 4 is 35.2 Å². The topological polar surface area (TPSA) is 75.6 Å². The molecule has 0 aliphatic carbocycles. The molecule has 2 atom stereocenters. The zero-order valence-corrected chi connectivity index (χ0v) is 12.8. The van der Waals surface area contributed by atoms with Crippen LogP contribution >= 0.6 is 23.4 Å². The zero-order chi connectivity index (χ0) is 15.2. The summed E-state index contributed by atoms with van der Waals surface area (Å²) in [5.74, 6) is -0.826. The number of aliphatic carboxylic acids is 1. The molecular weight excluding hydrogens is 314 g/mol. The minimum absolute atomic E-state index is 0.149. The normalized spacial score (nSPS) is 21.2. The Kier molecular flexibility index (Phi) is 5.90. The van der Waals surface area contributed by atoms with Crippen LogP contribution in [0.4, 0.5) is 0 Å². The van der Waals surface area contributed by atoms with Gasteiger partial charge in [0, 0.05) is 10.8 Å². The average molecular weight is 330 g/mol. The lowest BCUT2D eigenvalue weighted by Gasteiger charge is -2.15. The maximum atomic E-state index is 11.8. The van der Waals surface area contributed by atoms with Crippen molar-refractivity contribution in [1.29, 1.82) is 0 Å². The van der Waals surface area contributed by atoms with E-state index in [2.05, 4.69) is 5.32 Å². The van der Waals surface area contributed by atoms with Crippen LogP contribution in [0.1, 0.15) is 5.56 Å². The van der Waals surface area contributed by atoms with Gasteiger partial charge in [-0.1, -0.05) is 23.7 Å². The first kappa shape index (κ1) is 16.1. The van der Waals surface area contributed by atoms with Gasteiger partial charge in [-0.05, 0) is 17.7 Å². The number of benzene rings is 1. The van der Waals surface area contributed by atoms with Crippen molar-refractivity contribution in [2.24, 2.45) is 5.92 Å². The standard InChI is InChI=1S/C14H16ClNO4S/c15-10-3-1-2-9(4-10)7-21-8-13(17)16-12-6-20-5-11(12)14(18)19/h1-4,11-12H,5-8H2,(H,16,17)(H,18,19). The van der Waals surface area contributed by atoms with Crippen molar-refractivity contribution in [3.63, 3.8) is 0 Å². The lowest BCUT2D eigenvalue weighted by atomic mass is 10.0. The number of hydrogen-bond acceptors (Lipinski definition) is 4. The van der Waals surface area contributed by atoms with Crippen LogP contribution in [0.5, 0.6) is 0 Å². The molecule has 1 saturated heterocycles. The second kappa shape index (κ2) is 7.68. The number of carbonyl (C=O) groups excluding carboxylic acids is 1. The van der Waals surface area contributed by atoms with Crippen molar-refractivity contribution in [3.05, 3.63) is 34.9 Å². The summed E-state index contributed by atoms with van der Waals surface area (Å²) in [6.07, 6.45) is 0. The Labute approximate surface area is 132 Å². The molecule has 1 aromatic rings. The second-order valence-electron chi connectivity index (χ2n) is 4.78. The van der Waals surface area contributed by atoms with E-state index in [1.165, 1.54) is 11.8 Å². The highest BCUT2D eigenvalue weighted by Gasteiger charge is 2.34. The second-order valence-corrected chi connectivity index (χ2v) is 6.20. The summed E-state index contributed by atoms with van der Waals surface area (Å²) in [7, 11) is 0. The van der Waals surface area contributed by atoms with Crippen LogP contribution in [0.2, 0.25) is 5.02 Å². The van der Waals surface area contributed by atoms with Gasteiger partial charge in [-0.25, -0.2) is 0 Å². The largest absolute Gasteiger partial charge is 0.481 e. The Morgan fingerprint density at radius 3 is 2.95 bits per heavy atom. The van der Waals surface area contributed by atoms with Gasteiger partial charge < -0.3 is 15.2 Å². The van der Waals surface area contributed by atoms with Crippen LogP contribution in [0.25, 0.3) is 0 Å². The molecule has 2 rings (SSSR count). The average Bonchev–Trinajstić information content (AvgIpc) is 2.87. The maximum Gasteiger partial charge on any atom is 0.311 e. The number of hydrogen-bond donors (Lipinski definition) is 2. The summed E-state index contributed by atoms with van der Waals surface area (Å²) in [6.45, 7) is 0.400. The van der Waals surface area contributed by atoms with Crippen molar-refractivity contribution < 1.29 is 19.4 Å². The molecule has 2 N–H and O–H groups in total. The van der Waals surface area contributed by atoms with E-state index in [0.29, 0.717) is 10.8 Å². The van der Waals surface area contributed by atoms with E-state index in [1.54, 1.807) is 6.07 Å². The van der Waals surface area contributed by atoms with Gasteiger partial charge in [0.15, 0.2) is 0 Å². The van der Waals surface area contributed by atoms with Gasteiger partial charge in [-0.2, -0.15) is 0 Å². The molecule has 1 fully saturated rings. The minimum Gasteiger partial charge on any atom is -0.481 e. The third kappa shape index (κ3) is 4.91. The molecule has 2 unspecified atom stereocenters. The Morgan fingerprint density at radius 1 is 1.43 bits per heavy atom. The summed E-state index contributed by atoms with van der Waals surface area (Å²) in [5.41, 5.74) is 1.05. The van der Waals surface area contributed by atoms with Crippen molar-refractivity contribution in [3.8, 4) is 0 Å². The van der Waals surface area contributed by atoms with E-state index in [4.69, 9.17) is 21.4 Å². The number of carboxylic acids is 1. The molecule has 1 aliphatic heterocycles. The van der Waals surface area contributed by atoms with Gasteiger partial charge in [0.05, 0.1) is 25.0 Å². The number of nitrogens with one attached hydrogen (secondary N) is 1. The van der Waals surface area contributed by atoms with Crippen LogP contribution < -0.4 is 5.32 Å². The molecule has 0 aromatic heterocycles. The van der Waals surface area contributed by atoms with Gasteiger partial charge in [0.25, 0.3) is 0 Å². The Hall–Kier alpha value is -1.24. The fourth-order valence-corrected chi connectivity index (χ4v) is 3.08. The van der Waals surface area contributed by atoms with Crippen LogP contribution in [-0.2, 0) is 20.1 Å². The SMILES string of the molecule is O=C(CSCc1cccc(Cl)c1)NC1COCC1C(=O)O. The third-order valence-electron chi connectivity index (χ3n) is 3.14. The monoisotopic (exact) mass is 329 g/mol. The summed E-state index contributed by atoms with van der Waals surface area (Å²) in [5, 5.41) is 12.4. The summed E-state index contributed by atoms with van der Waals surface area (Å²) < 4.78 is 5.10. The molecule has 0 bridgehead atoms. The van der Waals surface area contributed by atoms with Crippen molar-refractivity contribution in [2.75, 3.05) is 19.0 Å². The van der Waals surface area contributed by atoms with E-state index in [0.717, 1.165) is 5.56 Å². The predicted molar refractivity (Wildman–Crippen MR) is 81.5 cm³/mol. The van der Waals surface area contributed by atoms with E-state index in [9.17, 15) is 9.59 Å². The molecule has 114 valence electrons. The highest BCUT2D eigenvalue weighted by molar-refractivity contribution is 7.99. The summed E-state index contributed by atoms with van der Waals surface area (Å²) >= 11 is 7.34. The number of carbonyl (C=O) groups is 2. The van der Waals surface area contributed by atoms with Gasteiger partial charge in [0.2, 0.25) is 5.91 Å². The van der Waals surface area contributed by atoms with Crippen LogP contribution in [0.15, 0.2) is 24.3 Å². The van der Waals surface area contributed by atoms with E-state index in [-0.39, 0.29) is 24.9 Å². The third-order valence-corrected chi connectivity index (χ3v) is 4.37. The molecule has 0 radical (unpaired) electrons. The van der Waals surface area contributed by atoms with Crippen molar-refractivity contribution in [2.45, 2.75) is 11.8 Å². The molecule has 7 heteroatoms. The van der Waals surface area contributed by atoms with E-state index < -0.39 is 17.9 Å². The lowest BCUT2D eigenvalue weighted by molar-refractivity contribution is -0.142. The first-order valence-electron chi connectivity index (χ1n) is 6.48. The number of halogens is 1. The molecular formula is C14H16ClNO4S. The van der Waals surface area contributed by atoms with Gasteiger partial charge in [-0.15, -0.1) is 11.8 Å². The Bertz CT molecular complexity index is 525. The molecule has 1 aliphatic rings. The summed E-state index contributed by atoms with van der Waals surface area (Å²) in [6, 6.07) is 7.03. The zero-order valence-electron chi connectivity index (χ0n) is 11.3. The van der Waals surface area contributed by atoms with E-state index in [1.807, 2.05) is 18.2 Å². The lowest BCUT2D eigenvalue weighted by Crippen LogP contribution is -2.43.